The van der Waals surface area contributed by atoms with Crippen molar-refractivity contribution in [3.8, 4) is 0 Å². The van der Waals surface area contributed by atoms with E-state index in [-0.39, 0.29) is 0 Å². The summed E-state index contributed by atoms with van der Waals surface area (Å²) in [6.45, 7) is 5.05. The molecule has 0 saturated carbocycles. The van der Waals surface area contributed by atoms with Crippen LogP contribution < -0.4 is 0 Å². The minimum Gasteiger partial charge on any atom is -0.501 e. The molecule has 0 radical (unpaired) electrons. The molecule has 0 aromatic rings. The number of ether oxygens (including phenoxy) is 1. The molecule has 0 saturated heterocycles. The maximum absolute atomic E-state index is 5.21. The molecular formula is C9H18NO+. The molecule has 0 aliphatic carbocycles. The van der Waals surface area contributed by atoms with Gasteiger partial charge in [-0.05, 0) is 5.92 Å². The van der Waals surface area contributed by atoms with Crippen LogP contribution in [0.4, 0.5) is 0 Å². The van der Waals surface area contributed by atoms with Gasteiger partial charge in [-0.2, -0.15) is 0 Å². The van der Waals surface area contributed by atoms with Crippen LogP contribution in [0.3, 0.4) is 0 Å². The number of hydrogen-bond donors (Lipinski definition) is 0. The molecule has 0 N–H and O–H groups in total. The van der Waals surface area contributed by atoms with E-state index in [0.29, 0.717) is 5.92 Å². The van der Waals surface area contributed by atoms with Gasteiger partial charge in [0.25, 0.3) is 0 Å². The minimum atomic E-state index is 0.596. The van der Waals surface area contributed by atoms with E-state index >= 15 is 0 Å². The minimum absolute atomic E-state index is 0.596. The lowest BCUT2D eigenvalue weighted by molar-refractivity contribution is -0.458. The van der Waals surface area contributed by atoms with Crippen LogP contribution in [-0.2, 0) is 4.74 Å². The van der Waals surface area contributed by atoms with E-state index in [9.17, 15) is 0 Å². The lowest BCUT2D eigenvalue weighted by atomic mass is 10.2. The number of rotatable bonds is 4. The SMILES string of the molecule is CC(C)CO/C=C/C=[N+](C)C. The lowest BCUT2D eigenvalue weighted by Gasteiger charge is -2.01. The molecule has 0 atom stereocenters. The van der Waals surface area contributed by atoms with E-state index < -0.39 is 0 Å². The highest BCUT2D eigenvalue weighted by Crippen LogP contribution is 1.91. The van der Waals surface area contributed by atoms with Crippen LogP contribution in [-0.4, -0.2) is 31.5 Å². The third-order valence-electron chi connectivity index (χ3n) is 0.989. The molecule has 0 rings (SSSR count). The summed E-state index contributed by atoms with van der Waals surface area (Å²) in [6.07, 6.45) is 5.56. The first kappa shape index (κ1) is 10.2. The average Bonchev–Trinajstić information content (AvgIpc) is 1.85. The fourth-order valence-corrected chi connectivity index (χ4v) is 0.511. The molecule has 0 aliphatic heterocycles. The van der Waals surface area contributed by atoms with Gasteiger partial charge in [0.1, 0.15) is 14.1 Å². The van der Waals surface area contributed by atoms with Gasteiger partial charge in [-0.3, -0.25) is 0 Å². The van der Waals surface area contributed by atoms with E-state index in [1.54, 1.807) is 6.26 Å². The van der Waals surface area contributed by atoms with E-state index in [2.05, 4.69) is 13.8 Å². The molecule has 2 nitrogen and oxygen atoms in total. The van der Waals surface area contributed by atoms with E-state index in [1.165, 1.54) is 0 Å². The Labute approximate surface area is 69.2 Å². The summed E-state index contributed by atoms with van der Waals surface area (Å²) in [5.41, 5.74) is 0. The predicted molar refractivity (Wildman–Crippen MR) is 48.1 cm³/mol. The molecule has 0 fully saturated rings. The zero-order valence-electron chi connectivity index (χ0n) is 7.87. The van der Waals surface area contributed by atoms with Crippen LogP contribution in [0.1, 0.15) is 13.8 Å². The Balaban J connectivity index is 3.38. The zero-order chi connectivity index (χ0) is 8.69. The molecule has 11 heavy (non-hydrogen) atoms. The van der Waals surface area contributed by atoms with Crippen molar-refractivity contribution >= 4 is 6.21 Å². The van der Waals surface area contributed by atoms with Crippen molar-refractivity contribution in [1.29, 1.82) is 0 Å². The van der Waals surface area contributed by atoms with E-state index in [0.717, 1.165) is 6.61 Å². The molecule has 0 amide bonds. The average molecular weight is 156 g/mol. The first-order chi connectivity index (χ1) is 5.13. The van der Waals surface area contributed by atoms with Gasteiger partial charge in [0.05, 0.1) is 12.9 Å². The monoisotopic (exact) mass is 156 g/mol. The highest BCUT2D eigenvalue weighted by molar-refractivity contribution is 5.65. The Morgan fingerprint density at radius 3 is 2.45 bits per heavy atom. The third kappa shape index (κ3) is 9.21. The molecular weight excluding hydrogens is 138 g/mol. The van der Waals surface area contributed by atoms with Crippen LogP contribution in [0.5, 0.6) is 0 Å². The van der Waals surface area contributed by atoms with Gasteiger partial charge in [0, 0.05) is 6.08 Å². The fraction of sp³-hybridized carbons (Fsp3) is 0.667. The van der Waals surface area contributed by atoms with Crippen molar-refractivity contribution in [3.05, 3.63) is 12.3 Å². The van der Waals surface area contributed by atoms with Gasteiger partial charge in [0.15, 0.2) is 6.21 Å². The van der Waals surface area contributed by atoms with Crippen LogP contribution in [0, 0.1) is 5.92 Å². The first-order valence-electron chi connectivity index (χ1n) is 3.91. The standard InChI is InChI=1S/C9H18NO/c1-9(2)8-11-7-5-6-10(3)4/h5-7,9H,8H2,1-4H3/q+1/b7-5+. The first-order valence-corrected chi connectivity index (χ1v) is 3.91. The topological polar surface area (TPSA) is 12.2 Å². The second-order valence-electron chi connectivity index (χ2n) is 3.17. The van der Waals surface area contributed by atoms with E-state index in [4.69, 9.17) is 4.74 Å². The predicted octanol–water partition coefficient (Wildman–Crippen LogP) is 1.52. The van der Waals surface area contributed by atoms with Gasteiger partial charge < -0.3 is 4.74 Å². The molecule has 64 valence electrons. The molecule has 0 unspecified atom stereocenters. The quantitative estimate of drug-likeness (QED) is 0.341. The second-order valence-corrected chi connectivity index (χ2v) is 3.17. The Kier molecular flexibility index (Phi) is 5.53. The Morgan fingerprint density at radius 2 is 2.00 bits per heavy atom. The molecule has 0 bridgehead atoms. The summed E-state index contributed by atoms with van der Waals surface area (Å²) in [5, 5.41) is 0. The molecule has 0 aromatic heterocycles. The highest BCUT2D eigenvalue weighted by atomic mass is 16.5. The van der Waals surface area contributed by atoms with Gasteiger partial charge in [-0.15, -0.1) is 0 Å². The smallest absolute Gasteiger partial charge is 0.165 e. The maximum atomic E-state index is 5.21. The van der Waals surface area contributed by atoms with Crippen molar-refractivity contribution in [1.82, 2.24) is 0 Å². The summed E-state index contributed by atoms with van der Waals surface area (Å²) >= 11 is 0. The van der Waals surface area contributed by atoms with Crippen molar-refractivity contribution in [2.45, 2.75) is 13.8 Å². The third-order valence-corrected chi connectivity index (χ3v) is 0.989. The number of nitrogens with zero attached hydrogens (tertiary/aromatic N) is 1. The number of allylic oxidation sites excluding steroid dienone is 1. The lowest BCUT2D eigenvalue weighted by Crippen LogP contribution is -1.98. The Hall–Kier alpha value is -0.790. The van der Waals surface area contributed by atoms with Crippen molar-refractivity contribution < 1.29 is 9.31 Å². The normalized spacial score (nSPS) is 10.6. The summed E-state index contributed by atoms with van der Waals surface area (Å²) in [7, 11) is 3.96. The maximum Gasteiger partial charge on any atom is 0.165 e. The highest BCUT2D eigenvalue weighted by Gasteiger charge is 1.88. The largest absolute Gasteiger partial charge is 0.501 e. The van der Waals surface area contributed by atoms with Gasteiger partial charge >= 0.3 is 0 Å². The summed E-state index contributed by atoms with van der Waals surface area (Å²) < 4.78 is 7.17. The second kappa shape index (κ2) is 5.96. The van der Waals surface area contributed by atoms with Gasteiger partial charge in [-0.1, -0.05) is 13.8 Å². The van der Waals surface area contributed by atoms with Crippen LogP contribution in [0.2, 0.25) is 0 Å². The Bertz CT molecular complexity index is 144. The van der Waals surface area contributed by atoms with Crippen LogP contribution >= 0.6 is 0 Å². The Morgan fingerprint density at radius 1 is 1.36 bits per heavy atom. The van der Waals surface area contributed by atoms with Gasteiger partial charge in [-0.25, -0.2) is 4.58 Å². The summed E-state index contributed by atoms with van der Waals surface area (Å²) in [5.74, 6) is 0.596. The van der Waals surface area contributed by atoms with Crippen LogP contribution in [0.25, 0.3) is 0 Å². The van der Waals surface area contributed by atoms with Crippen molar-refractivity contribution in [3.63, 3.8) is 0 Å². The molecule has 0 spiro atoms. The molecule has 0 aromatic carbocycles. The summed E-state index contributed by atoms with van der Waals surface area (Å²) in [4.78, 5) is 0. The van der Waals surface area contributed by atoms with Gasteiger partial charge in [0.2, 0.25) is 0 Å². The number of hydrogen-bond acceptors (Lipinski definition) is 1. The molecule has 0 heterocycles. The summed E-state index contributed by atoms with van der Waals surface area (Å²) in [6, 6.07) is 0. The van der Waals surface area contributed by atoms with Crippen molar-refractivity contribution in [2.75, 3.05) is 20.7 Å². The van der Waals surface area contributed by atoms with Crippen LogP contribution in [0.15, 0.2) is 12.3 Å². The zero-order valence-corrected chi connectivity index (χ0v) is 7.87. The fourth-order valence-electron chi connectivity index (χ4n) is 0.511. The molecule has 0 aliphatic rings. The van der Waals surface area contributed by atoms with E-state index in [1.807, 2.05) is 31.0 Å². The van der Waals surface area contributed by atoms with Crippen molar-refractivity contribution in [2.24, 2.45) is 5.92 Å². The molecule has 2 heteroatoms.